The first-order chi connectivity index (χ1) is 15.4. The van der Waals surface area contributed by atoms with Gasteiger partial charge in [-0.25, -0.2) is 8.42 Å². The van der Waals surface area contributed by atoms with Crippen molar-refractivity contribution in [2.45, 2.75) is 73.9 Å². The van der Waals surface area contributed by atoms with Gasteiger partial charge in [-0.2, -0.15) is 0 Å². The molecule has 0 bridgehead atoms. The first-order valence-electron chi connectivity index (χ1n) is 11.9. The number of benzene rings is 2. The van der Waals surface area contributed by atoms with E-state index in [2.05, 4.69) is 23.6 Å². The Labute approximate surface area is 193 Å². The second-order valence-corrected chi connectivity index (χ2v) is 11.2. The highest BCUT2D eigenvalue weighted by Gasteiger charge is 2.31. The van der Waals surface area contributed by atoms with Gasteiger partial charge in [-0.3, -0.25) is 9.80 Å². The van der Waals surface area contributed by atoms with E-state index in [4.69, 9.17) is 4.74 Å². The largest absolute Gasteiger partial charge is 0.497 e. The summed E-state index contributed by atoms with van der Waals surface area (Å²) in [6.07, 6.45) is 6.86. The van der Waals surface area contributed by atoms with Crippen LogP contribution in [0, 0.1) is 0 Å². The normalized spacial score (nSPS) is 22.5. The third kappa shape index (κ3) is 4.87. The molecule has 1 heterocycles. The van der Waals surface area contributed by atoms with Crippen LogP contribution in [0.5, 0.6) is 5.75 Å². The molecule has 0 radical (unpaired) electrons. The molecular formula is C26H36N2O3S. The van der Waals surface area contributed by atoms with Crippen molar-refractivity contribution in [1.82, 2.24) is 9.80 Å². The molecule has 5 nitrogen and oxygen atoms in total. The van der Waals surface area contributed by atoms with Gasteiger partial charge in [-0.05, 0) is 68.7 Å². The van der Waals surface area contributed by atoms with Crippen molar-refractivity contribution in [2.75, 3.05) is 26.7 Å². The van der Waals surface area contributed by atoms with Crippen molar-refractivity contribution in [2.24, 2.45) is 0 Å². The zero-order chi connectivity index (χ0) is 22.7. The van der Waals surface area contributed by atoms with Crippen LogP contribution in [0.4, 0.5) is 0 Å². The second kappa shape index (κ2) is 9.94. The zero-order valence-electron chi connectivity index (χ0n) is 19.5. The summed E-state index contributed by atoms with van der Waals surface area (Å²) in [5.74, 6) is 0.644. The minimum atomic E-state index is -3.54. The lowest BCUT2D eigenvalue weighted by Crippen LogP contribution is -2.55. The van der Waals surface area contributed by atoms with Gasteiger partial charge in [0.05, 0.1) is 16.9 Å². The predicted molar refractivity (Wildman–Crippen MR) is 128 cm³/mol. The molecule has 1 aliphatic carbocycles. The van der Waals surface area contributed by atoms with E-state index < -0.39 is 9.84 Å². The van der Waals surface area contributed by atoms with Gasteiger partial charge in [0, 0.05) is 37.8 Å². The van der Waals surface area contributed by atoms with Crippen LogP contribution in [0.3, 0.4) is 0 Å². The standard InChI is InChI=1S/C26H36N2O3S/c1-20-19-27(23-7-5-4-6-8-23)17-18-28(20)21(2)22-9-13-25(14-10-22)32(29,30)26-15-11-24(31-3)12-16-26/h9-16,20-21,23H,4-8,17-19H2,1-3H3/t20-,21+/m1/s1. The monoisotopic (exact) mass is 456 g/mol. The molecule has 2 aromatic carbocycles. The van der Waals surface area contributed by atoms with Gasteiger partial charge in [0.1, 0.15) is 5.75 Å². The van der Waals surface area contributed by atoms with E-state index in [-0.39, 0.29) is 10.9 Å². The van der Waals surface area contributed by atoms with E-state index in [0.717, 1.165) is 31.2 Å². The van der Waals surface area contributed by atoms with Crippen LogP contribution >= 0.6 is 0 Å². The number of ether oxygens (including phenoxy) is 1. The molecule has 1 saturated heterocycles. The molecule has 0 unspecified atom stereocenters. The summed E-state index contributed by atoms with van der Waals surface area (Å²) in [7, 11) is -1.97. The molecule has 0 amide bonds. The Hall–Kier alpha value is -1.89. The number of sulfone groups is 1. The summed E-state index contributed by atoms with van der Waals surface area (Å²) >= 11 is 0. The third-order valence-electron chi connectivity index (χ3n) is 7.34. The fourth-order valence-corrected chi connectivity index (χ4v) is 6.62. The smallest absolute Gasteiger partial charge is 0.206 e. The maximum Gasteiger partial charge on any atom is 0.206 e. The average molecular weight is 457 g/mol. The van der Waals surface area contributed by atoms with E-state index in [0.29, 0.717) is 16.7 Å². The molecule has 1 aliphatic heterocycles. The van der Waals surface area contributed by atoms with Crippen LogP contribution in [0.15, 0.2) is 58.3 Å². The topological polar surface area (TPSA) is 49.9 Å². The van der Waals surface area contributed by atoms with E-state index >= 15 is 0 Å². The Bertz CT molecular complexity index is 983. The van der Waals surface area contributed by atoms with Gasteiger partial charge in [0.15, 0.2) is 0 Å². The summed E-state index contributed by atoms with van der Waals surface area (Å²) in [6.45, 7) is 7.88. The summed E-state index contributed by atoms with van der Waals surface area (Å²) in [4.78, 5) is 5.88. The maximum atomic E-state index is 13.0. The molecule has 2 atom stereocenters. The van der Waals surface area contributed by atoms with Crippen LogP contribution in [-0.4, -0.2) is 57.0 Å². The summed E-state index contributed by atoms with van der Waals surface area (Å²) in [5, 5.41) is 0. The number of piperazine rings is 1. The zero-order valence-corrected chi connectivity index (χ0v) is 20.4. The van der Waals surface area contributed by atoms with Crippen molar-refractivity contribution < 1.29 is 13.2 Å². The van der Waals surface area contributed by atoms with Crippen LogP contribution in [0.1, 0.15) is 57.6 Å². The first-order valence-corrected chi connectivity index (χ1v) is 13.4. The second-order valence-electron chi connectivity index (χ2n) is 9.30. The summed E-state index contributed by atoms with van der Waals surface area (Å²) in [5.41, 5.74) is 1.16. The molecular weight excluding hydrogens is 420 g/mol. The molecule has 2 aliphatic rings. The number of nitrogens with zero attached hydrogens (tertiary/aromatic N) is 2. The summed E-state index contributed by atoms with van der Waals surface area (Å²) in [6, 6.07) is 15.5. The lowest BCUT2D eigenvalue weighted by atomic mass is 9.93. The molecule has 1 saturated carbocycles. The Kier molecular flexibility index (Phi) is 7.23. The molecule has 6 heteroatoms. The highest BCUT2D eigenvalue weighted by molar-refractivity contribution is 7.91. The van der Waals surface area contributed by atoms with Crippen molar-refractivity contribution in [1.29, 1.82) is 0 Å². The van der Waals surface area contributed by atoms with Gasteiger partial charge in [0.2, 0.25) is 9.84 Å². The predicted octanol–water partition coefficient (Wildman–Crippen LogP) is 4.93. The Morgan fingerprint density at radius 2 is 1.50 bits per heavy atom. The molecule has 2 aromatic rings. The SMILES string of the molecule is COc1ccc(S(=O)(=O)c2ccc([C@H](C)N3CCN(C4CCCCC4)C[C@H]3C)cc2)cc1. The number of methoxy groups -OCH3 is 1. The van der Waals surface area contributed by atoms with Crippen molar-refractivity contribution in [3.8, 4) is 5.75 Å². The third-order valence-corrected chi connectivity index (χ3v) is 9.13. The summed E-state index contributed by atoms with van der Waals surface area (Å²) < 4.78 is 31.1. The highest BCUT2D eigenvalue weighted by atomic mass is 32.2. The van der Waals surface area contributed by atoms with Gasteiger partial charge >= 0.3 is 0 Å². The van der Waals surface area contributed by atoms with Crippen molar-refractivity contribution >= 4 is 9.84 Å². The van der Waals surface area contributed by atoms with Gasteiger partial charge in [-0.1, -0.05) is 31.4 Å². The lowest BCUT2D eigenvalue weighted by molar-refractivity contribution is 0.0225. The number of hydrogen-bond acceptors (Lipinski definition) is 5. The van der Waals surface area contributed by atoms with Crippen LogP contribution < -0.4 is 4.74 Å². The van der Waals surface area contributed by atoms with E-state index in [1.807, 2.05) is 12.1 Å². The highest BCUT2D eigenvalue weighted by Crippen LogP contribution is 2.30. The molecule has 2 fully saturated rings. The van der Waals surface area contributed by atoms with Crippen LogP contribution in [0.25, 0.3) is 0 Å². The lowest BCUT2D eigenvalue weighted by Gasteiger charge is -2.46. The quantitative estimate of drug-likeness (QED) is 0.617. The number of rotatable bonds is 6. The Morgan fingerprint density at radius 3 is 2.06 bits per heavy atom. The Morgan fingerprint density at radius 1 is 0.906 bits per heavy atom. The van der Waals surface area contributed by atoms with E-state index in [1.54, 1.807) is 43.5 Å². The maximum absolute atomic E-state index is 13.0. The molecule has 32 heavy (non-hydrogen) atoms. The molecule has 174 valence electrons. The van der Waals surface area contributed by atoms with E-state index in [1.165, 1.54) is 32.1 Å². The van der Waals surface area contributed by atoms with Crippen LogP contribution in [-0.2, 0) is 9.84 Å². The van der Waals surface area contributed by atoms with Crippen LogP contribution in [0.2, 0.25) is 0 Å². The van der Waals surface area contributed by atoms with Crippen molar-refractivity contribution in [3.05, 3.63) is 54.1 Å². The first kappa shape index (κ1) is 23.3. The average Bonchev–Trinajstić information content (AvgIpc) is 2.84. The van der Waals surface area contributed by atoms with Gasteiger partial charge in [0.25, 0.3) is 0 Å². The van der Waals surface area contributed by atoms with Gasteiger partial charge < -0.3 is 4.74 Å². The minimum absolute atomic E-state index is 0.260. The Balaban J connectivity index is 1.43. The molecule has 0 aromatic heterocycles. The fraction of sp³-hybridized carbons (Fsp3) is 0.538. The fourth-order valence-electron chi connectivity index (χ4n) is 5.36. The molecule has 0 spiro atoms. The van der Waals surface area contributed by atoms with Crippen molar-refractivity contribution in [3.63, 3.8) is 0 Å². The van der Waals surface area contributed by atoms with Gasteiger partial charge in [-0.15, -0.1) is 0 Å². The minimum Gasteiger partial charge on any atom is -0.497 e. The molecule has 0 N–H and O–H groups in total. The van der Waals surface area contributed by atoms with E-state index in [9.17, 15) is 8.42 Å². The molecule has 4 rings (SSSR count). The number of hydrogen-bond donors (Lipinski definition) is 0.